The molecule has 2 aromatic rings. The normalized spacial score (nSPS) is 14.8. The van der Waals surface area contributed by atoms with E-state index in [0.29, 0.717) is 10.0 Å². The van der Waals surface area contributed by atoms with Crippen LogP contribution in [-0.4, -0.2) is 33.8 Å². The second-order valence-corrected chi connectivity index (χ2v) is 8.23. The standard InChI is InChI=1S/C17H19FN4O2S2/c18-11-6-8-13(9-7-11)20-15(24)16-21-22-17(26-16)25-10-14(23)19-12-4-2-1-3-5-12/h6-9,12H,1-5,10H2,(H,19,23)(H,20,24). The third-order valence-electron chi connectivity index (χ3n) is 4.00. The predicted molar refractivity (Wildman–Crippen MR) is 100 cm³/mol. The second-order valence-electron chi connectivity index (χ2n) is 6.03. The Morgan fingerprint density at radius 1 is 1.15 bits per heavy atom. The molecule has 9 heteroatoms. The van der Waals surface area contributed by atoms with Crippen LogP contribution >= 0.6 is 23.1 Å². The summed E-state index contributed by atoms with van der Waals surface area (Å²) in [6, 6.07) is 5.76. The highest BCUT2D eigenvalue weighted by Crippen LogP contribution is 2.23. The molecule has 26 heavy (non-hydrogen) atoms. The van der Waals surface area contributed by atoms with Gasteiger partial charge in [-0.3, -0.25) is 9.59 Å². The number of halogens is 1. The lowest BCUT2D eigenvalue weighted by Crippen LogP contribution is -2.37. The first-order chi connectivity index (χ1) is 12.6. The molecule has 0 spiro atoms. The molecule has 0 unspecified atom stereocenters. The van der Waals surface area contributed by atoms with E-state index in [1.54, 1.807) is 0 Å². The molecule has 0 bridgehead atoms. The lowest BCUT2D eigenvalue weighted by atomic mass is 9.95. The second kappa shape index (κ2) is 9.09. The van der Waals surface area contributed by atoms with E-state index in [1.807, 2.05) is 0 Å². The van der Waals surface area contributed by atoms with E-state index in [-0.39, 0.29) is 28.5 Å². The molecule has 1 saturated carbocycles. The molecule has 0 aliphatic heterocycles. The summed E-state index contributed by atoms with van der Waals surface area (Å²) in [5.41, 5.74) is 0.479. The van der Waals surface area contributed by atoms with E-state index in [2.05, 4.69) is 20.8 Å². The minimum Gasteiger partial charge on any atom is -0.353 e. The molecule has 0 radical (unpaired) electrons. The van der Waals surface area contributed by atoms with Gasteiger partial charge in [-0.05, 0) is 37.1 Å². The first kappa shape index (κ1) is 18.8. The largest absolute Gasteiger partial charge is 0.353 e. The highest BCUT2D eigenvalue weighted by molar-refractivity contribution is 8.01. The average Bonchev–Trinajstić information content (AvgIpc) is 3.12. The zero-order chi connectivity index (χ0) is 18.4. The van der Waals surface area contributed by atoms with E-state index in [0.717, 1.165) is 24.2 Å². The third kappa shape index (κ3) is 5.50. The van der Waals surface area contributed by atoms with Crippen LogP contribution in [0.1, 0.15) is 41.9 Å². The number of rotatable bonds is 6. The van der Waals surface area contributed by atoms with Crippen molar-refractivity contribution in [2.45, 2.75) is 42.5 Å². The van der Waals surface area contributed by atoms with Crippen molar-refractivity contribution in [2.75, 3.05) is 11.1 Å². The summed E-state index contributed by atoms with van der Waals surface area (Å²) in [6.07, 6.45) is 5.67. The predicted octanol–water partition coefficient (Wildman–Crippen LogP) is 3.47. The zero-order valence-corrected chi connectivity index (χ0v) is 15.7. The fraction of sp³-hybridized carbons (Fsp3) is 0.412. The van der Waals surface area contributed by atoms with Gasteiger partial charge in [0.05, 0.1) is 5.75 Å². The van der Waals surface area contributed by atoms with Crippen molar-refractivity contribution in [1.82, 2.24) is 15.5 Å². The Hall–Kier alpha value is -2.00. The topological polar surface area (TPSA) is 84.0 Å². The Morgan fingerprint density at radius 2 is 1.88 bits per heavy atom. The van der Waals surface area contributed by atoms with Gasteiger partial charge in [0, 0.05) is 11.7 Å². The van der Waals surface area contributed by atoms with Gasteiger partial charge in [-0.1, -0.05) is 42.4 Å². The molecule has 138 valence electrons. The van der Waals surface area contributed by atoms with E-state index in [9.17, 15) is 14.0 Å². The molecule has 1 aromatic heterocycles. The monoisotopic (exact) mass is 394 g/mol. The number of benzene rings is 1. The minimum atomic E-state index is -0.410. The first-order valence-corrected chi connectivity index (χ1v) is 10.2. The van der Waals surface area contributed by atoms with E-state index >= 15 is 0 Å². The maximum absolute atomic E-state index is 12.9. The quantitative estimate of drug-likeness (QED) is 0.733. The van der Waals surface area contributed by atoms with Crippen molar-refractivity contribution in [2.24, 2.45) is 0 Å². The molecule has 0 atom stereocenters. The van der Waals surface area contributed by atoms with Gasteiger partial charge in [0.25, 0.3) is 5.91 Å². The number of hydrogen-bond donors (Lipinski definition) is 2. The molecule has 1 aliphatic rings. The molecule has 1 fully saturated rings. The van der Waals surface area contributed by atoms with Crippen LogP contribution in [0, 0.1) is 5.82 Å². The Morgan fingerprint density at radius 3 is 2.62 bits per heavy atom. The zero-order valence-electron chi connectivity index (χ0n) is 14.0. The number of nitrogens with zero attached hydrogens (tertiary/aromatic N) is 2. The minimum absolute atomic E-state index is 0.0191. The SMILES string of the molecule is O=C(CSc1nnc(C(=O)Nc2ccc(F)cc2)s1)NC1CCCCC1. The summed E-state index contributed by atoms with van der Waals surface area (Å²) >= 11 is 2.39. The smallest absolute Gasteiger partial charge is 0.286 e. The van der Waals surface area contributed by atoms with Crippen LogP contribution in [0.3, 0.4) is 0 Å². The highest BCUT2D eigenvalue weighted by atomic mass is 32.2. The Bertz CT molecular complexity index is 760. The van der Waals surface area contributed by atoms with Crippen molar-refractivity contribution in [3.8, 4) is 0 Å². The van der Waals surface area contributed by atoms with Gasteiger partial charge in [-0.15, -0.1) is 10.2 Å². The lowest BCUT2D eigenvalue weighted by molar-refractivity contribution is -0.119. The molecule has 3 rings (SSSR count). The van der Waals surface area contributed by atoms with Crippen LogP contribution in [-0.2, 0) is 4.79 Å². The molecule has 2 amide bonds. The van der Waals surface area contributed by atoms with Crippen molar-refractivity contribution in [3.63, 3.8) is 0 Å². The number of carbonyl (C=O) groups excluding carboxylic acids is 2. The molecule has 1 aromatic carbocycles. The molecular weight excluding hydrogens is 375 g/mol. The number of anilines is 1. The number of carbonyl (C=O) groups is 2. The highest BCUT2D eigenvalue weighted by Gasteiger charge is 2.17. The molecule has 2 N–H and O–H groups in total. The van der Waals surface area contributed by atoms with Crippen LogP contribution < -0.4 is 10.6 Å². The van der Waals surface area contributed by atoms with E-state index in [1.165, 1.54) is 55.3 Å². The fourth-order valence-corrected chi connectivity index (χ4v) is 4.28. The van der Waals surface area contributed by atoms with Crippen molar-refractivity contribution < 1.29 is 14.0 Å². The number of nitrogens with one attached hydrogen (secondary N) is 2. The Balaban J connectivity index is 1.47. The Kier molecular flexibility index (Phi) is 6.56. The van der Waals surface area contributed by atoms with Crippen LogP contribution in [0.5, 0.6) is 0 Å². The van der Waals surface area contributed by atoms with Crippen molar-refractivity contribution in [3.05, 3.63) is 35.1 Å². The van der Waals surface area contributed by atoms with E-state index in [4.69, 9.17) is 0 Å². The third-order valence-corrected chi connectivity index (χ3v) is 6.06. The molecule has 0 saturated heterocycles. The summed E-state index contributed by atoms with van der Waals surface area (Å²) < 4.78 is 13.4. The number of hydrogen-bond acceptors (Lipinski definition) is 6. The summed E-state index contributed by atoms with van der Waals surface area (Å²) in [7, 11) is 0. The molecule has 1 heterocycles. The van der Waals surface area contributed by atoms with E-state index < -0.39 is 5.91 Å². The lowest BCUT2D eigenvalue weighted by Gasteiger charge is -2.22. The molecule has 6 nitrogen and oxygen atoms in total. The van der Waals surface area contributed by atoms with Gasteiger partial charge in [-0.25, -0.2) is 4.39 Å². The number of aromatic nitrogens is 2. The molecular formula is C17H19FN4O2S2. The summed E-state index contributed by atoms with van der Waals surface area (Å²) in [6.45, 7) is 0. The van der Waals surface area contributed by atoms with Crippen LogP contribution in [0.25, 0.3) is 0 Å². The van der Waals surface area contributed by atoms with Crippen molar-refractivity contribution in [1.29, 1.82) is 0 Å². The van der Waals surface area contributed by atoms with Gasteiger partial charge in [-0.2, -0.15) is 0 Å². The van der Waals surface area contributed by atoms with Gasteiger partial charge in [0.15, 0.2) is 4.34 Å². The van der Waals surface area contributed by atoms with Gasteiger partial charge < -0.3 is 10.6 Å². The summed E-state index contributed by atoms with van der Waals surface area (Å²) in [5.74, 6) is -0.545. The number of amides is 2. The van der Waals surface area contributed by atoms with Crippen molar-refractivity contribution >= 4 is 40.6 Å². The average molecular weight is 394 g/mol. The van der Waals surface area contributed by atoms with Gasteiger partial charge in [0.2, 0.25) is 10.9 Å². The summed E-state index contributed by atoms with van der Waals surface area (Å²) in [4.78, 5) is 24.1. The molecule has 1 aliphatic carbocycles. The maximum atomic E-state index is 12.9. The van der Waals surface area contributed by atoms with Crippen LogP contribution in [0.4, 0.5) is 10.1 Å². The van der Waals surface area contributed by atoms with Crippen LogP contribution in [0.2, 0.25) is 0 Å². The summed E-state index contributed by atoms with van der Waals surface area (Å²) in [5, 5.41) is 13.7. The van der Waals surface area contributed by atoms with Crippen LogP contribution in [0.15, 0.2) is 28.6 Å². The number of thioether (sulfide) groups is 1. The Labute approximate surface area is 159 Å². The van der Waals surface area contributed by atoms with Gasteiger partial charge in [0.1, 0.15) is 5.82 Å². The fourth-order valence-electron chi connectivity index (χ4n) is 2.72. The first-order valence-electron chi connectivity index (χ1n) is 8.43. The van der Waals surface area contributed by atoms with Gasteiger partial charge >= 0.3 is 0 Å². The maximum Gasteiger partial charge on any atom is 0.286 e.